The van der Waals surface area contributed by atoms with Crippen molar-refractivity contribution in [2.75, 3.05) is 6.54 Å². The molecule has 1 amide bonds. The van der Waals surface area contributed by atoms with E-state index in [0.717, 1.165) is 19.3 Å². The van der Waals surface area contributed by atoms with Crippen LogP contribution in [0.3, 0.4) is 0 Å². The van der Waals surface area contributed by atoms with Gasteiger partial charge in [-0.05, 0) is 30.2 Å². The van der Waals surface area contributed by atoms with Crippen LogP contribution in [0, 0.1) is 11.3 Å². The number of hydrogen-bond donors (Lipinski definition) is 1. The predicted molar refractivity (Wildman–Crippen MR) is 94.6 cm³/mol. The maximum atomic E-state index is 12.0. The third-order valence-electron chi connectivity index (χ3n) is 4.69. The minimum absolute atomic E-state index is 0.107. The SMILES string of the molecule is CC(C)C(Cl)OC(=O)NCC1(Cc2ccccc2)CCCCC1. The smallest absolute Gasteiger partial charge is 0.408 e. The largest absolute Gasteiger partial charge is 0.430 e. The first-order valence-electron chi connectivity index (χ1n) is 8.63. The van der Waals surface area contributed by atoms with Gasteiger partial charge in [0, 0.05) is 12.5 Å². The lowest BCUT2D eigenvalue weighted by Gasteiger charge is -2.37. The van der Waals surface area contributed by atoms with Crippen LogP contribution in [0.15, 0.2) is 30.3 Å². The monoisotopic (exact) mass is 337 g/mol. The molecule has 1 aliphatic carbocycles. The number of carbonyl (C=O) groups excluding carboxylic acids is 1. The Labute approximate surface area is 144 Å². The van der Waals surface area contributed by atoms with Crippen LogP contribution >= 0.6 is 11.6 Å². The van der Waals surface area contributed by atoms with E-state index < -0.39 is 11.7 Å². The first-order chi connectivity index (χ1) is 11.0. The molecule has 0 aliphatic heterocycles. The van der Waals surface area contributed by atoms with Crippen molar-refractivity contribution in [3.63, 3.8) is 0 Å². The highest BCUT2D eigenvalue weighted by molar-refractivity contribution is 6.20. The van der Waals surface area contributed by atoms with Gasteiger partial charge < -0.3 is 10.1 Å². The summed E-state index contributed by atoms with van der Waals surface area (Å²) in [5, 5.41) is 2.95. The second-order valence-electron chi connectivity index (χ2n) is 7.08. The molecule has 1 aromatic rings. The number of nitrogens with one attached hydrogen (secondary N) is 1. The Kier molecular flexibility index (Phi) is 6.76. The second-order valence-corrected chi connectivity index (χ2v) is 7.51. The highest BCUT2D eigenvalue weighted by Gasteiger charge is 2.33. The summed E-state index contributed by atoms with van der Waals surface area (Å²) in [7, 11) is 0. The van der Waals surface area contributed by atoms with E-state index in [0.29, 0.717) is 6.54 Å². The van der Waals surface area contributed by atoms with Gasteiger partial charge in [0.25, 0.3) is 0 Å². The van der Waals surface area contributed by atoms with E-state index in [4.69, 9.17) is 16.3 Å². The van der Waals surface area contributed by atoms with Crippen LogP contribution in [0.25, 0.3) is 0 Å². The van der Waals surface area contributed by atoms with Gasteiger partial charge >= 0.3 is 6.09 Å². The van der Waals surface area contributed by atoms with E-state index in [-0.39, 0.29) is 11.3 Å². The average Bonchev–Trinajstić information content (AvgIpc) is 2.55. The normalized spacial score (nSPS) is 18.4. The topological polar surface area (TPSA) is 38.3 Å². The Balaban J connectivity index is 1.94. The number of alkyl carbamates (subject to hydrolysis) is 1. The van der Waals surface area contributed by atoms with Crippen LogP contribution in [-0.2, 0) is 11.2 Å². The molecule has 0 heterocycles. The number of halogens is 1. The summed E-state index contributed by atoms with van der Waals surface area (Å²) in [6.45, 7) is 4.52. The molecule has 1 atom stereocenters. The van der Waals surface area contributed by atoms with Crippen molar-refractivity contribution in [1.29, 1.82) is 0 Å². The zero-order valence-corrected chi connectivity index (χ0v) is 14.9. The molecule has 4 heteroatoms. The fourth-order valence-corrected chi connectivity index (χ4v) is 3.37. The molecule has 1 fully saturated rings. The van der Waals surface area contributed by atoms with E-state index in [9.17, 15) is 4.79 Å². The van der Waals surface area contributed by atoms with Gasteiger partial charge in [0.15, 0.2) is 5.56 Å². The van der Waals surface area contributed by atoms with Crippen LogP contribution in [0.5, 0.6) is 0 Å². The zero-order valence-electron chi connectivity index (χ0n) is 14.2. The molecule has 1 aliphatic rings. The molecule has 0 bridgehead atoms. The molecule has 128 valence electrons. The molecule has 1 N–H and O–H groups in total. The summed E-state index contributed by atoms with van der Waals surface area (Å²) >= 11 is 6.01. The molecule has 0 spiro atoms. The maximum absolute atomic E-state index is 12.0. The van der Waals surface area contributed by atoms with Gasteiger partial charge in [-0.1, -0.05) is 75.0 Å². The number of amides is 1. The second kappa shape index (κ2) is 8.58. The summed E-state index contributed by atoms with van der Waals surface area (Å²) in [6.07, 6.45) is 6.65. The third-order valence-corrected chi connectivity index (χ3v) is 5.28. The Morgan fingerprint density at radius 3 is 2.48 bits per heavy atom. The molecule has 3 nitrogen and oxygen atoms in total. The number of carbonyl (C=O) groups is 1. The Morgan fingerprint density at radius 1 is 1.22 bits per heavy atom. The van der Waals surface area contributed by atoms with Crippen molar-refractivity contribution in [3.05, 3.63) is 35.9 Å². The van der Waals surface area contributed by atoms with Crippen molar-refractivity contribution in [2.45, 2.75) is 57.9 Å². The Hall–Kier alpha value is -1.22. The van der Waals surface area contributed by atoms with E-state index >= 15 is 0 Å². The van der Waals surface area contributed by atoms with Crippen molar-refractivity contribution in [3.8, 4) is 0 Å². The van der Waals surface area contributed by atoms with Gasteiger partial charge in [-0.2, -0.15) is 0 Å². The first-order valence-corrected chi connectivity index (χ1v) is 9.07. The number of benzene rings is 1. The molecule has 0 radical (unpaired) electrons. The van der Waals surface area contributed by atoms with Gasteiger partial charge in [0.1, 0.15) is 0 Å². The molecule has 1 unspecified atom stereocenters. The summed E-state index contributed by atoms with van der Waals surface area (Å²) < 4.78 is 5.21. The molecule has 0 aromatic heterocycles. The Morgan fingerprint density at radius 2 is 1.87 bits per heavy atom. The molecular formula is C19H28ClNO2. The molecule has 23 heavy (non-hydrogen) atoms. The number of ether oxygens (including phenoxy) is 1. The van der Waals surface area contributed by atoms with E-state index in [1.807, 2.05) is 19.9 Å². The van der Waals surface area contributed by atoms with Crippen molar-refractivity contribution in [2.24, 2.45) is 11.3 Å². The summed E-state index contributed by atoms with van der Waals surface area (Å²) in [4.78, 5) is 12.0. The van der Waals surface area contributed by atoms with Crippen molar-refractivity contribution < 1.29 is 9.53 Å². The number of rotatable bonds is 6. The van der Waals surface area contributed by atoms with E-state index in [1.165, 1.54) is 24.8 Å². The fourth-order valence-electron chi connectivity index (χ4n) is 3.29. The van der Waals surface area contributed by atoms with E-state index in [2.05, 4.69) is 29.6 Å². The lowest BCUT2D eigenvalue weighted by molar-refractivity contribution is 0.104. The molecule has 2 rings (SSSR count). The summed E-state index contributed by atoms with van der Waals surface area (Å²) in [5.41, 5.74) is 0.895. The van der Waals surface area contributed by atoms with Crippen molar-refractivity contribution >= 4 is 17.7 Å². The quantitative estimate of drug-likeness (QED) is 0.731. The molecule has 1 aromatic carbocycles. The van der Waals surface area contributed by atoms with Crippen LogP contribution in [0.2, 0.25) is 0 Å². The Bertz CT molecular complexity index is 483. The lowest BCUT2D eigenvalue weighted by atomic mass is 9.70. The molecule has 1 saturated carbocycles. The average molecular weight is 338 g/mol. The fraction of sp³-hybridized carbons (Fsp3) is 0.632. The lowest BCUT2D eigenvalue weighted by Crippen LogP contribution is -2.41. The standard InChI is InChI=1S/C19H28ClNO2/c1-15(2)17(20)23-18(22)21-14-19(11-7-4-8-12-19)13-16-9-5-3-6-10-16/h3,5-6,9-10,15,17H,4,7-8,11-14H2,1-2H3,(H,21,22). The van der Waals surface area contributed by atoms with Crippen LogP contribution < -0.4 is 5.32 Å². The van der Waals surface area contributed by atoms with E-state index in [1.54, 1.807) is 0 Å². The third kappa shape index (κ3) is 5.72. The van der Waals surface area contributed by atoms with Gasteiger partial charge in [0.2, 0.25) is 0 Å². The minimum atomic E-state index is -0.577. The van der Waals surface area contributed by atoms with Gasteiger partial charge in [-0.3, -0.25) is 0 Å². The van der Waals surface area contributed by atoms with Crippen LogP contribution in [0.4, 0.5) is 4.79 Å². The minimum Gasteiger partial charge on any atom is -0.430 e. The van der Waals surface area contributed by atoms with Crippen LogP contribution in [-0.4, -0.2) is 18.2 Å². The summed E-state index contributed by atoms with van der Waals surface area (Å²) in [6, 6.07) is 10.5. The number of alkyl halides is 1. The van der Waals surface area contributed by atoms with Crippen LogP contribution in [0.1, 0.15) is 51.5 Å². The van der Waals surface area contributed by atoms with Gasteiger partial charge in [-0.25, -0.2) is 4.79 Å². The molecule has 0 saturated heterocycles. The van der Waals surface area contributed by atoms with Gasteiger partial charge in [-0.15, -0.1) is 0 Å². The highest BCUT2D eigenvalue weighted by atomic mass is 35.5. The van der Waals surface area contributed by atoms with Gasteiger partial charge in [0.05, 0.1) is 0 Å². The number of hydrogen-bond acceptors (Lipinski definition) is 2. The summed E-state index contributed by atoms with van der Waals surface area (Å²) in [5.74, 6) is 0.107. The van der Waals surface area contributed by atoms with Crippen molar-refractivity contribution in [1.82, 2.24) is 5.32 Å². The zero-order chi connectivity index (χ0) is 16.7. The first kappa shape index (κ1) is 18.1. The molecular weight excluding hydrogens is 310 g/mol. The maximum Gasteiger partial charge on any atom is 0.408 e. The highest BCUT2D eigenvalue weighted by Crippen LogP contribution is 2.38. The predicted octanol–water partition coefficient (Wildman–Crippen LogP) is 5.13.